The number of likely N-dealkylation sites (N-methyl/N-ethyl adjacent to an activating group) is 1. The van der Waals surface area contributed by atoms with E-state index in [2.05, 4.69) is 41.4 Å². The highest BCUT2D eigenvalue weighted by molar-refractivity contribution is 5.56. The van der Waals surface area contributed by atoms with Gasteiger partial charge in [0.15, 0.2) is 0 Å². The van der Waals surface area contributed by atoms with Gasteiger partial charge < -0.3 is 15.0 Å². The summed E-state index contributed by atoms with van der Waals surface area (Å²) in [5.41, 5.74) is 2.92. The lowest BCUT2D eigenvalue weighted by molar-refractivity contribution is 0.0494. The summed E-state index contributed by atoms with van der Waals surface area (Å²) >= 11 is 0. The van der Waals surface area contributed by atoms with Gasteiger partial charge in [-0.05, 0) is 51.3 Å². The number of rotatable bonds is 4. The molecule has 3 unspecified atom stereocenters. The third-order valence-electron chi connectivity index (χ3n) is 4.69. The number of nitrogens with one attached hydrogen (secondary N) is 1. The number of anilines is 1. The third kappa shape index (κ3) is 2.84. The molecule has 2 heterocycles. The maximum Gasteiger partial charge on any atom is 0.0755 e. The van der Waals surface area contributed by atoms with Gasteiger partial charge in [0.1, 0.15) is 0 Å². The van der Waals surface area contributed by atoms with E-state index in [0.717, 1.165) is 13.1 Å². The van der Waals surface area contributed by atoms with Crippen LogP contribution in [-0.4, -0.2) is 38.4 Å². The minimum atomic E-state index is 0.391. The lowest BCUT2D eigenvalue weighted by atomic mass is 9.96. The Morgan fingerprint density at radius 1 is 1.20 bits per heavy atom. The highest BCUT2D eigenvalue weighted by Crippen LogP contribution is 2.32. The van der Waals surface area contributed by atoms with E-state index >= 15 is 0 Å². The van der Waals surface area contributed by atoms with Crippen LogP contribution in [0.25, 0.3) is 0 Å². The Kier molecular flexibility index (Phi) is 4.27. The Balaban J connectivity index is 1.68. The third-order valence-corrected chi connectivity index (χ3v) is 4.69. The van der Waals surface area contributed by atoms with Crippen molar-refractivity contribution in [3.63, 3.8) is 0 Å². The van der Waals surface area contributed by atoms with Gasteiger partial charge in [0, 0.05) is 24.8 Å². The van der Waals surface area contributed by atoms with Gasteiger partial charge in [-0.25, -0.2) is 0 Å². The largest absolute Gasteiger partial charge is 0.372 e. The van der Waals surface area contributed by atoms with Gasteiger partial charge in [-0.2, -0.15) is 0 Å². The van der Waals surface area contributed by atoms with Gasteiger partial charge in [-0.3, -0.25) is 0 Å². The quantitative estimate of drug-likeness (QED) is 0.913. The van der Waals surface area contributed by atoms with Crippen molar-refractivity contribution in [1.29, 1.82) is 0 Å². The van der Waals surface area contributed by atoms with E-state index < -0.39 is 0 Å². The molecule has 1 N–H and O–H groups in total. The summed E-state index contributed by atoms with van der Waals surface area (Å²) in [5.74, 6) is 0. The van der Waals surface area contributed by atoms with Crippen molar-refractivity contribution in [2.45, 2.75) is 50.9 Å². The second kappa shape index (κ2) is 6.15. The lowest BCUT2D eigenvalue weighted by Gasteiger charge is -2.38. The van der Waals surface area contributed by atoms with Crippen molar-refractivity contribution in [2.75, 3.05) is 25.0 Å². The zero-order chi connectivity index (χ0) is 13.9. The first-order valence-corrected chi connectivity index (χ1v) is 7.92. The van der Waals surface area contributed by atoms with Crippen molar-refractivity contribution < 1.29 is 4.74 Å². The molecule has 1 fully saturated rings. The standard InChI is InChI=1S/C17H26N2O/c1-13-7-8-14-5-3-4-6-17(14)19(13)12-16-10-9-15(20-16)11-18-2/h3-6,13,15-16,18H,7-12H2,1-2H3. The van der Waals surface area contributed by atoms with Gasteiger partial charge in [0.25, 0.3) is 0 Å². The minimum absolute atomic E-state index is 0.391. The number of aryl methyl sites for hydroxylation is 1. The van der Waals surface area contributed by atoms with Crippen LogP contribution in [0.3, 0.4) is 0 Å². The zero-order valence-corrected chi connectivity index (χ0v) is 12.6. The van der Waals surface area contributed by atoms with E-state index in [-0.39, 0.29) is 0 Å². The molecule has 0 bridgehead atoms. The molecule has 0 saturated carbocycles. The molecular formula is C17H26N2O. The fourth-order valence-electron chi connectivity index (χ4n) is 3.55. The van der Waals surface area contributed by atoms with Crippen molar-refractivity contribution in [3.05, 3.63) is 29.8 Å². The molecule has 1 aromatic carbocycles. The van der Waals surface area contributed by atoms with E-state index in [9.17, 15) is 0 Å². The predicted octanol–water partition coefficient (Wildman–Crippen LogP) is 2.59. The maximum atomic E-state index is 6.16. The van der Waals surface area contributed by atoms with Crippen LogP contribution in [-0.2, 0) is 11.2 Å². The number of hydrogen-bond acceptors (Lipinski definition) is 3. The Bertz CT molecular complexity index is 448. The fraction of sp³-hybridized carbons (Fsp3) is 0.647. The molecule has 3 nitrogen and oxygen atoms in total. The lowest BCUT2D eigenvalue weighted by Crippen LogP contribution is -2.42. The minimum Gasteiger partial charge on any atom is -0.372 e. The molecule has 0 spiro atoms. The highest BCUT2D eigenvalue weighted by atomic mass is 16.5. The van der Waals surface area contributed by atoms with Crippen LogP contribution in [0.1, 0.15) is 31.7 Å². The summed E-state index contributed by atoms with van der Waals surface area (Å²) in [4.78, 5) is 2.56. The molecule has 20 heavy (non-hydrogen) atoms. The monoisotopic (exact) mass is 274 g/mol. The van der Waals surface area contributed by atoms with Crippen LogP contribution in [0, 0.1) is 0 Å². The number of nitrogens with zero attached hydrogens (tertiary/aromatic N) is 1. The molecular weight excluding hydrogens is 248 g/mol. The van der Waals surface area contributed by atoms with Crippen molar-refractivity contribution in [3.8, 4) is 0 Å². The molecule has 0 radical (unpaired) electrons. The van der Waals surface area contributed by atoms with Gasteiger partial charge >= 0.3 is 0 Å². The molecule has 0 aliphatic carbocycles. The van der Waals surface area contributed by atoms with Gasteiger partial charge in [-0.15, -0.1) is 0 Å². The molecule has 3 atom stereocenters. The summed E-state index contributed by atoms with van der Waals surface area (Å²) in [5, 5.41) is 3.22. The van der Waals surface area contributed by atoms with E-state index in [1.807, 2.05) is 7.05 Å². The van der Waals surface area contributed by atoms with Crippen molar-refractivity contribution in [2.24, 2.45) is 0 Å². The second-order valence-corrected chi connectivity index (χ2v) is 6.18. The van der Waals surface area contributed by atoms with Crippen molar-refractivity contribution >= 4 is 5.69 Å². The molecule has 1 saturated heterocycles. The number of ether oxygens (including phenoxy) is 1. The topological polar surface area (TPSA) is 24.5 Å². The molecule has 0 amide bonds. The highest BCUT2D eigenvalue weighted by Gasteiger charge is 2.30. The average Bonchev–Trinajstić information content (AvgIpc) is 2.90. The van der Waals surface area contributed by atoms with Gasteiger partial charge in [0.05, 0.1) is 12.2 Å². The molecule has 2 aliphatic rings. The molecule has 0 aromatic heterocycles. The Morgan fingerprint density at radius 3 is 2.85 bits per heavy atom. The molecule has 3 rings (SSSR count). The number of benzene rings is 1. The molecule has 110 valence electrons. The summed E-state index contributed by atoms with van der Waals surface area (Å²) in [6.07, 6.45) is 5.64. The summed E-state index contributed by atoms with van der Waals surface area (Å²) in [6, 6.07) is 9.47. The SMILES string of the molecule is CNCC1CCC(CN2c3ccccc3CCC2C)O1. The number of hydrogen-bond donors (Lipinski definition) is 1. The normalized spacial score (nSPS) is 29.5. The zero-order valence-electron chi connectivity index (χ0n) is 12.6. The number of para-hydroxylation sites is 1. The Labute approximate surface area is 122 Å². The van der Waals surface area contributed by atoms with E-state index in [0.29, 0.717) is 18.2 Å². The van der Waals surface area contributed by atoms with Gasteiger partial charge in [0.2, 0.25) is 0 Å². The van der Waals surface area contributed by atoms with Crippen LogP contribution in [0.2, 0.25) is 0 Å². The second-order valence-electron chi connectivity index (χ2n) is 6.18. The predicted molar refractivity (Wildman–Crippen MR) is 83.4 cm³/mol. The molecule has 1 aromatic rings. The molecule has 2 aliphatic heterocycles. The summed E-state index contributed by atoms with van der Waals surface area (Å²) in [6.45, 7) is 4.36. The summed E-state index contributed by atoms with van der Waals surface area (Å²) in [7, 11) is 2.00. The first kappa shape index (κ1) is 13.9. The summed E-state index contributed by atoms with van der Waals surface area (Å²) < 4.78 is 6.16. The van der Waals surface area contributed by atoms with Gasteiger partial charge in [-0.1, -0.05) is 18.2 Å². The Hall–Kier alpha value is -1.06. The van der Waals surface area contributed by atoms with E-state index in [1.54, 1.807) is 0 Å². The first-order chi connectivity index (χ1) is 9.78. The van der Waals surface area contributed by atoms with Crippen LogP contribution in [0.5, 0.6) is 0 Å². The average molecular weight is 274 g/mol. The van der Waals surface area contributed by atoms with E-state index in [1.165, 1.54) is 36.9 Å². The van der Waals surface area contributed by atoms with Crippen LogP contribution in [0.4, 0.5) is 5.69 Å². The fourth-order valence-corrected chi connectivity index (χ4v) is 3.55. The van der Waals surface area contributed by atoms with Crippen molar-refractivity contribution in [1.82, 2.24) is 5.32 Å². The smallest absolute Gasteiger partial charge is 0.0755 e. The number of fused-ring (bicyclic) bond motifs is 1. The van der Waals surface area contributed by atoms with Crippen LogP contribution >= 0.6 is 0 Å². The van der Waals surface area contributed by atoms with Crippen LogP contribution in [0.15, 0.2) is 24.3 Å². The molecule has 3 heteroatoms. The van der Waals surface area contributed by atoms with E-state index in [4.69, 9.17) is 4.74 Å². The maximum absolute atomic E-state index is 6.16. The van der Waals surface area contributed by atoms with Crippen LogP contribution < -0.4 is 10.2 Å². The Morgan fingerprint density at radius 2 is 2.00 bits per heavy atom. The first-order valence-electron chi connectivity index (χ1n) is 7.92.